The number of benzene rings is 1. The summed E-state index contributed by atoms with van der Waals surface area (Å²) in [4.78, 5) is 22.2. The number of fused-ring (bicyclic) bond motifs is 2. The third-order valence-corrected chi connectivity index (χ3v) is 5.57. The maximum atomic E-state index is 12.9. The molecule has 0 radical (unpaired) electrons. The van der Waals surface area contributed by atoms with Gasteiger partial charge in [-0.15, -0.1) is 0 Å². The average molecular weight is 392 g/mol. The summed E-state index contributed by atoms with van der Waals surface area (Å²) < 4.78 is 12.9. The van der Waals surface area contributed by atoms with Gasteiger partial charge in [0.2, 0.25) is 0 Å². The molecule has 1 fully saturated rings. The zero-order valence-corrected chi connectivity index (χ0v) is 16.5. The predicted octanol–water partition coefficient (Wildman–Crippen LogP) is 2.27. The minimum Gasteiger partial charge on any atom is -0.486 e. The molecule has 7 heteroatoms. The molecule has 4 heterocycles. The monoisotopic (exact) mass is 392 g/mol. The third kappa shape index (κ3) is 3.53. The van der Waals surface area contributed by atoms with Crippen LogP contribution in [0.25, 0.3) is 16.9 Å². The Morgan fingerprint density at radius 2 is 1.79 bits per heavy atom. The summed E-state index contributed by atoms with van der Waals surface area (Å²) >= 11 is 0. The van der Waals surface area contributed by atoms with Gasteiger partial charge >= 0.3 is 0 Å². The zero-order chi connectivity index (χ0) is 19.8. The van der Waals surface area contributed by atoms with Crippen molar-refractivity contribution in [2.45, 2.75) is 6.42 Å². The van der Waals surface area contributed by atoms with Crippen LogP contribution in [-0.4, -0.2) is 60.7 Å². The van der Waals surface area contributed by atoms with Gasteiger partial charge < -0.3 is 19.3 Å². The Bertz CT molecular complexity index is 1110. The highest BCUT2D eigenvalue weighted by Crippen LogP contribution is 2.33. The van der Waals surface area contributed by atoms with E-state index in [1.54, 1.807) is 10.5 Å². The quantitative estimate of drug-likeness (QED) is 0.667. The van der Waals surface area contributed by atoms with Crippen molar-refractivity contribution < 1.29 is 9.47 Å². The number of aromatic nitrogens is 2. The summed E-state index contributed by atoms with van der Waals surface area (Å²) in [5.74, 6) is 1.42. The number of nitrogens with zero attached hydrogens (tertiary/aromatic N) is 4. The number of ether oxygens (including phenoxy) is 2. The van der Waals surface area contributed by atoms with Gasteiger partial charge in [-0.3, -0.25) is 9.20 Å². The molecular formula is C22H24N4O3. The molecule has 0 atom stereocenters. The molecule has 1 aromatic carbocycles. The molecule has 0 bridgehead atoms. The molecule has 2 aromatic heterocycles. The minimum absolute atomic E-state index is 0.0892. The van der Waals surface area contributed by atoms with E-state index in [1.165, 1.54) is 0 Å². The maximum Gasteiger partial charge on any atom is 0.258 e. The van der Waals surface area contributed by atoms with Gasteiger partial charge in [-0.25, -0.2) is 4.98 Å². The summed E-state index contributed by atoms with van der Waals surface area (Å²) in [7, 11) is 2.15. The second-order valence-corrected chi connectivity index (χ2v) is 7.60. The molecule has 3 aromatic rings. The molecule has 2 aliphatic heterocycles. The first-order chi connectivity index (χ1) is 14.2. The van der Waals surface area contributed by atoms with Crippen LogP contribution in [0, 0.1) is 0 Å². The van der Waals surface area contributed by atoms with Gasteiger partial charge in [0.05, 0.1) is 11.4 Å². The van der Waals surface area contributed by atoms with Crippen LogP contribution < -0.4 is 19.9 Å². The number of rotatable bonds is 2. The molecule has 0 saturated carbocycles. The molecule has 5 rings (SSSR count). The summed E-state index contributed by atoms with van der Waals surface area (Å²) in [5.41, 5.74) is 3.08. The normalized spacial score (nSPS) is 17.3. The van der Waals surface area contributed by atoms with Crippen molar-refractivity contribution in [2.75, 3.05) is 51.3 Å². The van der Waals surface area contributed by atoms with Crippen LogP contribution in [0.4, 0.5) is 5.69 Å². The summed E-state index contributed by atoms with van der Waals surface area (Å²) in [6, 6.07) is 11.2. The highest BCUT2D eigenvalue weighted by molar-refractivity contribution is 5.66. The highest BCUT2D eigenvalue weighted by Gasteiger charge is 2.16. The largest absolute Gasteiger partial charge is 0.486 e. The second kappa shape index (κ2) is 7.40. The van der Waals surface area contributed by atoms with Crippen LogP contribution in [0.2, 0.25) is 0 Å². The van der Waals surface area contributed by atoms with Crippen LogP contribution in [0.3, 0.4) is 0 Å². The lowest BCUT2D eigenvalue weighted by atomic mass is 10.1. The van der Waals surface area contributed by atoms with Crippen LogP contribution in [0.5, 0.6) is 11.5 Å². The van der Waals surface area contributed by atoms with E-state index in [1.807, 2.05) is 30.5 Å². The first kappa shape index (κ1) is 18.0. The summed E-state index contributed by atoms with van der Waals surface area (Å²) in [6.45, 7) is 5.16. The number of hydrogen-bond donors (Lipinski definition) is 0. The molecule has 0 N–H and O–H groups in total. The van der Waals surface area contributed by atoms with Crippen molar-refractivity contribution in [1.82, 2.24) is 14.3 Å². The third-order valence-electron chi connectivity index (χ3n) is 5.57. The van der Waals surface area contributed by atoms with E-state index >= 15 is 0 Å². The van der Waals surface area contributed by atoms with Crippen molar-refractivity contribution >= 4 is 11.3 Å². The van der Waals surface area contributed by atoms with Gasteiger partial charge in [-0.05, 0) is 50.3 Å². The topological polar surface area (TPSA) is 59.3 Å². The minimum atomic E-state index is -0.0892. The molecule has 29 heavy (non-hydrogen) atoms. The van der Waals surface area contributed by atoms with Crippen LogP contribution in [0.15, 0.2) is 47.4 Å². The van der Waals surface area contributed by atoms with Crippen molar-refractivity contribution in [3.63, 3.8) is 0 Å². The standard InChI is InChI=1S/C22H24N4O3/c1-24-7-2-8-25(10-9-24)17-4-6-21-23-18(14-22(27)26(21)15-17)16-3-5-19-20(13-16)29-12-11-28-19/h3-6,13-15H,2,7-12H2,1H3. The van der Waals surface area contributed by atoms with Crippen molar-refractivity contribution in [2.24, 2.45) is 0 Å². The van der Waals surface area contributed by atoms with Gasteiger partial charge in [0.25, 0.3) is 5.56 Å². The first-order valence-electron chi connectivity index (χ1n) is 10.0. The van der Waals surface area contributed by atoms with Gasteiger partial charge in [0, 0.05) is 37.5 Å². The Morgan fingerprint density at radius 3 is 2.69 bits per heavy atom. The average Bonchev–Trinajstić information content (AvgIpc) is 2.97. The predicted molar refractivity (Wildman–Crippen MR) is 112 cm³/mol. The Hall–Kier alpha value is -3.06. The van der Waals surface area contributed by atoms with Crippen LogP contribution in [0.1, 0.15) is 6.42 Å². The van der Waals surface area contributed by atoms with E-state index in [0.717, 1.165) is 49.6 Å². The summed E-state index contributed by atoms with van der Waals surface area (Å²) in [5, 5.41) is 0. The Morgan fingerprint density at radius 1 is 0.931 bits per heavy atom. The first-order valence-corrected chi connectivity index (χ1v) is 10.0. The Balaban J connectivity index is 1.50. The van der Waals surface area contributed by atoms with E-state index in [9.17, 15) is 4.79 Å². The SMILES string of the molecule is CN1CCCN(c2ccc3nc(-c4ccc5c(c4)OCCO5)cc(=O)n3c2)CC1. The summed E-state index contributed by atoms with van der Waals surface area (Å²) in [6.07, 6.45) is 3.02. The maximum absolute atomic E-state index is 12.9. The van der Waals surface area contributed by atoms with Gasteiger partial charge in [0.1, 0.15) is 18.9 Å². The van der Waals surface area contributed by atoms with Crippen molar-refractivity contribution in [1.29, 1.82) is 0 Å². The molecule has 1 saturated heterocycles. The lowest BCUT2D eigenvalue weighted by Crippen LogP contribution is -2.29. The van der Waals surface area contributed by atoms with E-state index < -0.39 is 0 Å². The molecule has 0 amide bonds. The lowest BCUT2D eigenvalue weighted by Gasteiger charge is -2.23. The molecule has 0 spiro atoms. The van der Waals surface area contributed by atoms with E-state index in [4.69, 9.17) is 14.5 Å². The van der Waals surface area contributed by atoms with E-state index in [0.29, 0.717) is 30.3 Å². The molecule has 2 aliphatic rings. The number of likely N-dealkylation sites (N-methyl/N-ethyl adjacent to an activating group) is 1. The number of anilines is 1. The van der Waals surface area contributed by atoms with E-state index in [2.05, 4.69) is 22.9 Å². The Kier molecular flexibility index (Phi) is 4.60. The smallest absolute Gasteiger partial charge is 0.258 e. The van der Waals surface area contributed by atoms with Crippen LogP contribution in [-0.2, 0) is 0 Å². The molecular weight excluding hydrogens is 368 g/mol. The Labute approximate surface area is 169 Å². The van der Waals surface area contributed by atoms with Crippen LogP contribution >= 0.6 is 0 Å². The fraction of sp³-hybridized carbons (Fsp3) is 0.364. The highest BCUT2D eigenvalue weighted by atomic mass is 16.6. The number of hydrogen-bond acceptors (Lipinski definition) is 6. The molecule has 0 aliphatic carbocycles. The number of pyridine rings is 1. The zero-order valence-electron chi connectivity index (χ0n) is 16.5. The molecule has 150 valence electrons. The fourth-order valence-electron chi connectivity index (χ4n) is 3.93. The fourth-order valence-corrected chi connectivity index (χ4v) is 3.93. The van der Waals surface area contributed by atoms with Gasteiger partial charge in [-0.2, -0.15) is 0 Å². The molecule has 7 nitrogen and oxygen atoms in total. The molecule has 0 unspecified atom stereocenters. The van der Waals surface area contributed by atoms with Gasteiger partial charge in [0.15, 0.2) is 11.5 Å². The van der Waals surface area contributed by atoms with Gasteiger partial charge in [-0.1, -0.05) is 0 Å². The van der Waals surface area contributed by atoms with E-state index in [-0.39, 0.29) is 5.56 Å². The lowest BCUT2D eigenvalue weighted by molar-refractivity contribution is 0.171. The van der Waals surface area contributed by atoms with Crippen molar-refractivity contribution in [3.05, 3.63) is 52.9 Å². The second-order valence-electron chi connectivity index (χ2n) is 7.60. The van der Waals surface area contributed by atoms with Crippen molar-refractivity contribution in [3.8, 4) is 22.8 Å².